The molecule has 1 fully saturated rings. The molecule has 2 aromatic rings. The van der Waals surface area contributed by atoms with Crippen LogP contribution < -0.4 is 0 Å². The number of benzene rings is 1. The summed E-state index contributed by atoms with van der Waals surface area (Å²) in [5.74, 6) is 0.722. The molecule has 0 unspecified atom stereocenters. The van der Waals surface area contributed by atoms with Crippen LogP contribution in [0.5, 0.6) is 0 Å². The van der Waals surface area contributed by atoms with E-state index < -0.39 is 0 Å². The molecule has 1 amide bonds. The van der Waals surface area contributed by atoms with E-state index in [4.69, 9.17) is 0 Å². The molecule has 0 N–H and O–H groups in total. The van der Waals surface area contributed by atoms with Crippen molar-refractivity contribution in [1.29, 1.82) is 0 Å². The SMILES string of the molecule is CC[C@H](c1ccccc1)[C@H]1CCCN1C(=O)CCCn1cncn1. The predicted molar refractivity (Wildman–Crippen MR) is 93.5 cm³/mol. The maximum atomic E-state index is 12.7. The van der Waals surface area contributed by atoms with E-state index in [0.717, 1.165) is 38.8 Å². The number of aromatic nitrogens is 3. The van der Waals surface area contributed by atoms with Crippen molar-refractivity contribution >= 4 is 5.91 Å². The number of likely N-dealkylation sites (tertiary alicyclic amines) is 1. The van der Waals surface area contributed by atoms with Crippen LogP contribution in [0.25, 0.3) is 0 Å². The van der Waals surface area contributed by atoms with Gasteiger partial charge in [0.05, 0.1) is 0 Å². The zero-order valence-corrected chi connectivity index (χ0v) is 14.3. The van der Waals surface area contributed by atoms with E-state index >= 15 is 0 Å². The van der Waals surface area contributed by atoms with E-state index in [-0.39, 0.29) is 5.91 Å². The third-order valence-corrected chi connectivity index (χ3v) is 5.00. The Morgan fingerprint density at radius 3 is 2.88 bits per heavy atom. The second kappa shape index (κ2) is 8.08. The highest BCUT2D eigenvalue weighted by atomic mass is 16.2. The van der Waals surface area contributed by atoms with Crippen molar-refractivity contribution in [3.05, 3.63) is 48.5 Å². The summed E-state index contributed by atoms with van der Waals surface area (Å²) < 4.78 is 1.79. The van der Waals surface area contributed by atoms with Crippen molar-refractivity contribution in [2.24, 2.45) is 0 Å². The molecule has 2 heterocycles. The van der Waals surface area contributed by atoms with Crippen LogP contribution in [-0.2, 0) is 11.3 Å². The number of aryl methyl sites for hydroxylation is 1. The molecule has 5 nitrogen and oxygen atoms in total. The van der Waals surface area contributed by atoms with E-state index in [1.807, 2.05) is 0 Å². The Labute approximate surface area is 143 Å². The van der Waals surface area contributed by atoms with Crippen molar-refractivity contribution in [3.8, 4) is 0 Å². The third kappa shape index (κ3) is 3.83. The first-order chi connectivity index (χ1) is 11.8. The topological polar surface area (TPSA) is 51.0 Å². The highest BCUT2D eigenvalue weighted by Crippen LogP contribution is 2.34. The average molecular weight is 326 g/mol. The summed E-state index contributed by atoms with van der Waals surface area (Å²) >= 11 is 0. The summed E-state index contributed by atoms with van der Waals surface area (Å²) in [4.78, 5) is 18.8. The number of hydrogen-bond donors (Lipinski definition) is 0. The van der Waals surface area contributed by atoms with E-state index in [1.54, 1.807) is 11.0 Å². The van der Waals surface area contributed by atoms with Crippen LogP contribution in [-0.4, -0.2) is 38.2 Å². The largest absolute Gasteiger partial charge is 0.339 e. The zero-order valence-electron chi connectivity index (χ0n) is 14.3. The van der Waals surface area contributed by atoms with Gasteiger partial charge in [0.15, 0.2) is 0 Å². The fraction of sp³-hybridized carbons (Fsp3) is 0.526. The summed E-state index contributed by atoms with van der Waals surface area (Å²) in [5.41, 5.74) is 1.35. The summed E-state index contributed by atoms with van der Waals surface area (Å²) in [6.07, 6.45) is 7.92. The van der Waals surface area contributed by atoms with Crippen molar-refractivity contribution in [1.82, 2.24) is 19.7 Å². The van der Waals surface area contributed by atoms with E-state index in [1.165, 1.54) is 11.9 Å². The molecule has 0 bridgehead atoms. The van der Waals surface area contributed by atoms with Gasteiger partial charge in [0, 0.05) is 31.5 Å². The second-order valence-corrected chi connectivity index (χ2v) is 6.48. The van der Waals surface area contributed by atoms with Gasteiger partial charge in [0.1, 0.15) is 12.7 Å². The molecule has 1 aliphatic rings. The van der Waals surface area contributed by atoms with Crippen molar-refractivity contribution < 1.29 is 4.79 Å². The van der Waals surface area contributed by atoms with Crippen molar-refractivity contribution in [2.45, 2.75) is 57.5 Å². The van der Waals surface area contributed by atoms with Crippen molar-refractivity contribution in [3.63, 3.8) is 0 Å². The second-order valence-electron chi connectivity index (χ2n) is 6.48. The van der Waals surface area contributed by atoms with Gasteiger partial charge in [-0.3, -0.25) is 9.48 Å². The number of carbonyl (C=O) groups excluding carboxylic acids is 1. The Hall–Kier alpha value is -2.17. The van der Waals surface area contributed by atoms with Gasteiger partial charge < -0.3 is 4.90 Å². The lowest BCUT2D eigenvalue weighted by Gasteiger charge is -2.31. The Morgan fingerprint density at radius 1 is 1.33 bits per heavy atom. The summed E-state index contributed by atoms with van der Waals surface area (Å²) in [6, 6.07) is 11.0. The number of rotatable bonds is 7. The first kappa shape index (κ1) is 16.7. The first-order valence-corrected chi connectivity index (χ1v) is 8.96. The van der Waals surface area contributed by atoms with Gasteiger partial charge in [-0.2, -0.15) is 5.10 Å². The lowest BCUT2D eigenvalue weighted by Crippen LogP contribution is -2.39. The molecule has 1 aromatic heterocycles. The first-order valence-electron chi connectivity index (χ1n) is 8.96. The molecular weight excluding hydrogens is 300 g/mol. The van der Waals surface area contributed by atoms with Gasteiger partial charge in [-0.15, -0.1) is 0 Å². The maximum absolute atomic E-state index is 12.7. The minimum atomic E-state index is 0.284. The lowest BCUT2D eigenvalue weighted by molar-refractivity contribution is -0.132. The minimum absolute atomic E-state index is 0.284. The Morgan fingerprint density at radius 2 is 2.17 bits per heavy atom. The number of amides is 1. The Balaban J connectivity index is 1.60. The van der Waals surface area contributed by atoms with Gasteiger partial charge in [-0.1, -0.05) is 37.3 Å². The molecule has 1 aliphatic heterocycles. The van der Waals surface area contributed by atoms with E-state index in [0.29, 0.717) is 18.4 Å². The number of carbonyl (C=O) groups is 1. The average Bonchev–Trinajstić information content (AvgIpc) is 3.28. The van der Waals surface area contributed by atoms with Crippen molar-refractivity contribution in [2.75, 3.05) is 6.54 Å². The smallest absolute Gasteiger partial charge is 0.222 e. The lowest BCUT2D eigenvalue weighted by atomic mass is 9.87. The highest BCUT2D eigenvalue weighted by Gasteiger charge is 2.34. The third-order valence-electron chi connectivity index (χ3n) is 5.00. The van der Waals surface area contributed by atoms with Gasteiger partial charge in [-0.25, -0.2) is 4.98 Å². The van der Waals surface area contributed by atoms with E-state index in [2.05, 4.69) is 52.2 Å². The summed E-state index contributed by atoms with van der Waals surface area (Å²) in [5, 5.41) is 4.09. The minimum Gasteiger partial charge on any atom is -0.339 e. The van der Waals surface area contributed by atoms with Crippen LogP contribution in [0, 0.1) is 0 Å². The maximum Gasteiger partial charge on any atom is 0.222 e. The van der Waals surface area contributed by atoms with Crippen LogP contribution in [0.3, 0.4) is 0 Å². The zero-order chi connectivity index (χ0) is 16.8. The Kier molecular flexibility index (Phi) is 5.62. The van der Waals surface area contributed by atoms with Crippen LogP contribution in [0.4, 0.5) is 0 Å². The molecule has 0 radical (unpaired) electrons. The van der Waals surface area contributed by atoms with Crippen LogP contribution in [0.2, 0.25) is 0 Å². The molecule has 0 saturated carbocycles. The van der Waals surface area contributed by atoms with E-state index in [9.17, 15) is 4.79 Å². The van der Waals surface area contributed by atoms with Crippen LogP contribution in [0.15, 0.2) is 43.0 Å². The van der Waals surface area contributed by atoms with Crippen LogP contribution >= 0.6 is 0 Å². The molecule has 2 atom stereocenters. The van der Waals surface area contributed by atoms with Gasteiger partial charge in [-0.05, 0) is 31.2 Å². The molecule has 5 heteroatoms. The van der Waals surface area contributed by atoms with Gasteiger partial charge >= 0.3 is 0 Å². The van der Waals surface area contributed by atoms with Gasteiger partial charge in [0.2, 0.25) is 5.91 Å². The molecule has 24 heavy (non-hydrogen) atoms. The summed E-state index contributed by atoms with van der Waals surface area (Å²) in [7, 11) is 0. The standard InChI is InChI=1S/C19H26N4O/c1-2-17(16-8-4-3-5-9-16)18-10-6-13-23(18)19(24)11-7-12-22-15-20-14-21-22/h3-5,8-9,14-15,17-18H,2,6-7,10-13H2,1H3/t17-,18-/m1/s1. The summed E-state index contributed by atoms with van der Waals surface area (Å²) in [6.45, 7) is 3.87. The highest BCUT2D eigenvalue weighted by molar-refractivity contribution is 5.77. The van der Waals surface area contributed by atoms with Crippen LogP contribution in [0.1, 0.15) is 50.5 Å². The Bertz CT molecular complexity index is 626. The fourth-order valence-corrected chi connectivity index (χ4v) is 3.83. The molecular formula is C19H26N4O. The number of hydrogen-bond acceptors (Lipinski definition) is 3. The normalized spacial score (nSPS) is 18.7. The quantitative estimate of drug-likeness (QED) is 0.785. The molecule has 128 valence electrons. The molecule has 0 spiro atoms. The number of nitrogens with zero attached hydrogens (tertiary/aromatic N) is 4. The molecule has 0 aliphatic carbocycles. The molecule has 3 rings (SSSR count). The predicted octanol–water partition coefficient (Wildman–Crippen LogP) is 3.24. The molecule has 1 aromatic carbocycles. The molecule has 1 saturated heterocycles. The van der Waals surface area contributed by atoms with Gasteiger partial charge in [0.25, 0.3) is 0 Å². The monoisotopic (exact) mass is 326 g/mol. The fourth-order valence-electron chi connectivity index (χ4n) is 3.83.